The second-order valence-electron chi connectivity index (χ2n) is 5.70. The van der Waals surface area contributed by atoms with E-state index in [2.05, 4.69) is 20.7 Å². The lowest BCUT2D eigenvalue weighted by atomic mass is 10.2. The zero-order valence-corrected chi connectivity index (χ0v) is 14.6. The maximum absolute atomic E-state index is 12.5. The highest BCUT2D eigenvalue weighted by Gasteiger charge is 2.28. The average molecular weight is 402 g/mol. The maximum atomic E-state index is 12.5. The van der Waals surface area contributed by atoms with Crippen molar-refractivity contribution in [2.75, 3.05) is 12.0 Å². The van der Waals surface area contributed by atoms with E-state index < -0.39 is 24.3 Å². The molecular formula is C17H13F3N8O. The van der Waals surface area contributed by atoms with Crippen LogP contribution in [0, 0.1) is 16.7 Å². The molecule has 0 aliphatic rings. The van der Waals surface area contributed by atoms with E-state index in [9.17, 15) is 13.2 Å². The maximum Gasteiger partial charge on any atom is 0.422 e. The number of halogens is 3. The number of rotatable bonds is 6. The molecule has 148 valence electrons. The fourth-order valence-corrected chi connectivity index (χ4v) is 2.25. The van der Waals surface area contributed by atoms with Gasteiger partial charge in [-0.2, -0.15) is 28.3 Å². The molecule has 12 heteroatoms. The van der Waals surface area contributed by atoms with Crippen molar-refractivity contribution in [2.24, 2.45) is 10.8 Å². The van der Waals surface area contributed by atoms with E-state index in [0.717, 1.165) is 0 Å². The minimum Gasteiger partial charge on any atom is -0.484 e. The van der Waals surface area contributed by atoms with Crippen LogP contribution < -0.4 is 15.9 Å². The van der Waals surface area contributed by atoms with Crippen molar-refractivity contribution in [1.29, 1.82) is 10.7 Å². The Morgan fingerprint density at radius 1 is 1.24 bits per heavy atom. The molecule has 0 aliphatic heterocycles. The Morgan fingerprint density at radius 2 is 1.90 bits per heavy atom. The van der Waals surface area contributed by atoms with E-state index in [1.165, 1.54) is 23.0 Å². The van der Waals surface area contributed by atoms with Crippen LogP contribution >= 0.6 is 0 Å². The SMILES string of the molecule is N#C/C(=N\Nc1cc(OCC(F)(F)F)cc(-n2nc3ccccc3n2)c1)C(=N)N. The van der Waals surface area contributed by atoms with Crippen molar-refractivity contribution < 1.29 is 17.9 Å². The number of nitriles is 1. The molecule has 0 amide bonds. The number of anilines is 1. The van der Waals surface area contributed by atoms with Crippen molar-refractivity contribution in [2.45, 2.75) is 6.18 Å². The standard InChI is InChI=1S/C17H13F3N8O/c18-17(19,20)9-29-12-6-10(24-25-15(8-21)16(22)23)5-11(7-12)28-26-13-3-1-2-4-14(13)27-28/h1-7,24H,9H2,(H3,22,23)/b25-15+. The van der Waals surface area contributed by atoms with Gasteiger partial charge in [0.25, 0.3) is 0 Å². The molecular weight excluding hydrogens is 389 g/mol. The first-order valence-electron chi connectivity index (χ1n) is 8.00. The number of nitrogens with one attached hydrogen (secondary N) is 2. The lowest BCUT2D eigenvalue weighted by molar-refractivity contribution is -0.153. The van der Waals surface area contributed by atoms with Gasteiger partial charge in [0.1, 0.15) is 22.9 Å². The zero-order chi connectivity index (χ0) is 21.0. The Labute approximate surface area is 161 Å². The third-order valence-corrected chi connectivity index (χ3v) is 3.47. The number of fused-ring (bicyclic) bond motifs is 1. The van der Waals surface area contributed by atoms with Crippen molar-refractivity contribution in [3.05, 3.63) is 42.5 Å². The van der Waals surface area contributed by atoms with Gasteiger partial charge in [0.15, 0.2) is 12.4 Å². The number of aromatic nitrogens is 3. The molecule has 3 aromatic rings. The van der Waals surface area contributed by atoms with Crippen LogP contribution in [0.25, 0.3) is 16.7 Å². The topological polar surface area (TPSA) is 138 Å². The van der Waals surface area contributed by atoms with Crippen LogP contribution in [-0.4, -0.2) is 39.3 Å². The Bertz CT molecular complexity index is 1100. The predicted octanol–water partition coefficient (Wildman–Crippen LogP) is 2.59. The van der Waals surface area contributed by atoms with Crippen LogP contribution in [-0.2, 0) is 0 Å². The minimum absolute atomic E-state index is 0.125. The monoisotopic (exact) mass is 402 g/mol. The van der Waals surface area contributed by atoms with Crippen molar-refractivity contribution in [3.8, 4) is 17.5 Å². The van der Waals surface area contributed by atoms with Gasteiger partial charge in [0.2, 0.25) is 5.71 Å². The van der Waals surface area contributed by atoms with Crippen LogP contribution in [0.15, 0.2) is 47.6 Å². The Hall–Kier alpha value is -4.14. The fourth-order valence-electron chi connectivity index (χ4n) is 2.25. The first-order chi connectivity index (χ1) is 13.7. The second-order valence-corrected chi connectivity index (χ2v) is 5.70. The zero-order valence-electron chi connectivity index (χ0n) is 14.6. The van der Waals surface area contributed by atoms with E-state index in [1.54, 1.807) is 30.3 Å². The second kappa shape index (κ2) is 7.85. The number of amidine groups is 1. The summed E-state index contributed by atoms with van der Waals surface area (Å²) in [6.07, 6.45) is -4.52. The molecule has 2 aromatic carbocycles. The summed E-state index contributed by atoms with van der Waals surface area (Å²) in [5.74, 6) is -0.690. The predicted molar refractivity (Wildman–Crippen MR) is 99.0 cm³/mol. The summed E-state index contributed by atoms with van der Waals surface area (Å²) >= 11 is 0. The van der Waals surface area contributed by atoms with Gasteiger partial charge in [-0.05, 0) is 18.2 Å². The lowest BCUT2D eigenvalue weighted by Crippen LogP contribution is -2.22. The first kappa shape index (κ1) is 19.6. The van der Waals surface area contributed by atoms with Crippen LogP contribution in [0.4, 0.5) is 18.9 Å². The third-order valence-electron chi connectivity index (χ3n) is 3.47. The molecule has 0 atom stereocenters. The molecule has 4 N–H and O–H groups in total. The summed E-state index contributed by atoms with van der Waals surface area (Å²) in [7, 11) is 0. The third kappa shape index (κ3) is 4.98. The molecule has 29 heavy (non-hydrogen) atoms. The van der Waals surface area contributed by atoms with Crippen molar-refractivity contribution in [1.82, 2.24) is 15.0 Å². The van der Waals surface area contributed by atoms with Gasteiger partial charge in [-0.15, -0.1) is 10.2 Å². The van der Waals surface area contributed by atoms with Gasteiger partial charge in [-0.3, -0.25) is 10.8 Å². The van der Waals surface area contributed by atoms with E-state index in [4.69, 9.17) is 21.1 Å². The summed E-state index contributed by atoms with van der Waals surface area (Å²) in [5, 5.41) is 28.4. The summed E-state index contributed by atoms with van der Waals surface area (Å²) < 4.78 is 42.4. The molecule has 3 rings (SSSR count). The van der Waals surface area contributed by atoms with Crippen LogP contribution in [0.2, 0.25) is 0 Å². The summed E-state index contributed by atoms with van der Waals surface area (Å²) in [6, 6.07) is 12.7. The normalized spacial score (nSPS) is 11.9. The first-order valence-corrected chi connectivity index (χ1v) is 8.00. The number of hydrogen-bond acceptors (Lipinski definition) is 7. The Morgan fingerprint density at radius 3 is 2.45 bits per heavy atom. The van der Waals surface area contributed by atoms with Gasteiger partial charge < -0.3 is 10.5 Å². The Balaban J connectivity index is 2.00. The minimum atomic E-state index is -4.52. The number of nitrogens with two attached hydrogens (primary N) is 1. The van der Waals surface area contributed by atoms with Crippen molar-refractivity contribution >= 4 is 28.3 Å². The molecule has 0 saturated carbocycles. The van der Waals surface area contributed by atoms with Gasteiger partial charge in [0, 0.05) is 12.1 Å². The molecule has 0 aliphatic carbocycles. The van der Waals surface area contributed by atoms with Crippen molar-refractivity contribution in [3.63, 3.8) is 0 Å². The van der Waals surface area contributed by atoms with E-state index in [1.807, 2.05) is 0 Å². The molecule has 0 unspecified atom stereocenters. The highest BCUT2D eigenvalue weighted by atomic mass is 19.4. The summed E-state index contributed by atoms with van der Waals surface area (Å²) in [5.41, 5.74) is 8.94. The number of hydrazone groups is 1. The molecule has 0 bridgehead atoms. The Kier molecular flexibility index (Phi) is 5.31. The highest BCUT2D eigenvalue weighted by Crippen LogP contribution is 2.26. The van der Waals surface area contributed by atoms with E-state index in [0.29, 0.717) is 16.7 Å². The molecule has 9 nitrogen and oxygen atoms in total. The quantitative estimate of drug-likeness (QED) is 0.329. The van der Waals surface area contributed by atoms with E-state index >= 15 is 0 Å². The number of hydrogen-bond donors (Lipinski definition) is 3. The van der Waals surface area contributed by atoms with Gasteiger partial charge in [-0.1, -0.05) is 12.1 Å². The van der Waals surface area contributed by atoms with Crippen LogP contribution in [0.3, 0.4) is 0 Å². The van der Waals surface area contributed by atoms with Gasteiger partial charge in [-0.25, -0.2) is 0 Å². The number of benzene rings is 2. The summed E-state index contributed by atoms with van der Waals surface area (Å²) in [4.78, 5) is 1.23. The van der Waals surface area contributed by atoms with Crippen LogP contribution in [0.5, 0.6) is 5.75 Å². The molecule has 0 spiro atoms. The number of nitrogens with zero attached hydrogens (tertiary/aromatic N) is 5. The molecule has 1 heterocycles. The van der Waals surface area contributed by atoms with Gasteiger partial charge in [0.05, 0.1) is 11.4 Å². The van der Waals surface area contributed by atoms with Crippen LogP contribution in [0.1, 0.15) is 0 Å². The highest BCUT2D eigenvalue weighted by molar-refractivity contribution is 6.45. The number of ether oxygens (including phenoxy) is 1. The lowest BCUT2D eigenvalue weighted by Gasteiger charge is -2.12. The van der Waals surface area contributed by atoms with Gasteiger partial charge >= 0.3 is 6.18 Å². The fraction of sp³-hybridized carbons (Fsp3) is 0.118. The molecule has 0 radical (unpaired) electrons. The smallest absolute Gasteiger partial charge is 0.422 e. The molecule has 1 aromatic heterocycles. The number of alkyl halides is 3. The summed E-state index contributed by atoms with van der Waals surface area (Å²) in [6.45, 7) is -1.50. The molecule has 0 saturated heterocycles. The van der Waals surface area contributed by atoms with E-state index in [-0.39, 0.29) is 11.4 Å². The molecule has 0 fully saturated rings. The average Bonchev–Trinajstić information content (AvgIpc) is 3.10. The largest absolute Gasteiger partial charge is 0.484 e.